The number of hydrogen-bond donors (Lipinski definition) is 2. The maximum absolute atomic E-state index is 11.8. The number of hydrogen-bond acceptors (Lipinski definition) is 3. The molecule has 2 rings (SSSR count). The van der Waals surface area contributed by atoms with Gasteiger partial charge in [-0.3, -0.25) is 9.59 Å². The second-order valence-corrected chi connectivity index (χ2v) is 4.94. The molecule has 0 unspecified atom stereocenters. The number of carbonyl (C=O) groups excluding carboxylic acids is 2. The fourth-order valence-electron chi connectivity index (χ4n) is 1.60. The van der Waals surface area contributed by atoms with Gasteiger partial charge < -0.3 is 10.6 Å². The van der Waals surface area contributed by atoms with Crippen molar-refractivity contribution in [3.8, 4) is 6.07 Å². The molecule has 0 spiro atoms. The summed E-state index contributed by atoms with van der Waals surface area (Å²) in [6.45, 7) is 0. The highest BCUT2D eigenvalue weighted by Gasteiger charge is 2.15. The molecular formula is C15H10BrN3O2. The molecule has 0 aliphatic rings. The van der Waals surface area contributed by atoms with E-state index in [1.807, 2.05) is 6.07 Å². The summed E-state index contributed by atoms with van der Waals surface area (Å²) in [5.41, 5.74) is 1.30. The number of nitrogens with zero attached hydrogens (tertiary/aromatic N) is 1. The second kappa shape index (κ2) is 6.68. The Bertz CT molecular complexity index is 738. The molecule has 2 N–H and O–H groups in total. The Balaban J connectivity index is 2.05. The number of nitriles is 1. The Morgan fingerprint density at radius 2 is 1.71 bits per heavy atom. The summed E-state index contributed by atoms with van der Waals surface area (Å²) in [7, 11) is 0. The van der Waals surface area contributed by atoms with E-state index in [0.717, 1.165) is 0 Å². The van der Waals surface area contributed by atoms with Gasteiger partial charge in [0.05, 0.1) is 17.3 Å². The van der Waals surface area contributed by atoms with Gasteiger partial charge in [0.1, 0.15) is 0 Å². The standard InChI is InChI=1S/C15H10BrN3O2/c16-12-6-1-2-7-13(12)19-15(21)14(20)18-11-5-3-4-10(8-11)9-17/h1-8H,(H,18,20)(H,19,21). The summed E-state index contributed by atoms with van der Waals surface area (Å²) in [4.78, 5) is 23.6. The lowest BCUT2D eigenvalue weighted by Crippen LogP contribution is -2.29. The summed E-state index contributed by atoms with van der Waals surface area (Å²) in [5, 5.41) is 13.7. The van der Waals surface area contributed by atoms with Gasteiger partial charge >= 0.3 is 11.8 Å². The van der Waals surface area contributed by atoms with E-state index in [-0.39, 0.29) is 0 Å². The molecule has 2 aromatic rings. The van der Waals surface area contributed by atoms with Gasteiger partial charge in [0.2, 0.25) is 0 Å². The Morgan fingerprint density at radius 3 is 2.43 bits per heavy atom. The number of carbonyl (C=O) groups is 2. The van der Waals surface area contributed by atoms with Crippen molar-refractivity contribution >= 4 is 39.1 Å². The molecule has 5 nitrogen and oxygen atoms in total. The Kier molecular flexibility index (Phi) is 4.69. The largest absolute Gasteiger partial charge is 0.318 e. The first-order valence-corrected chi connectivity index (χ1v) is 6.76. The fraction of sp³-hybridized carbons (Fsp3) is 0. The predicted molar refractivity (Wildman–Crippen MR) is 82.6 cm³/mol. The third-order valence-corrected chi connectivity index (χ3v) is 3.27. The van der Waals surface area contributed by atoms with E-state index in [4.69, 9.17) is 5.26 Å². The van der Waals surface area contributed by atoms with Crippen LogP contribution in [-0.2, 0) is 9.59 Å². The van der Waals surface area contributed by atoms with E-state index in [2.05, 4.69) is 26.6 Å². The zero-order valence-electron chi connectivity index (χ0n) is 10.8. The summed E-state index contributed by atoms with van der Waals surface area (Å²) < 4.78 is 0.678. The smallest absolute Gasteiger partial charge is 0.314 e. The zero-order chi connectivity index (χ0) is 15.2. The highest BCUT2D eigenvalue weighted by atomic mass is 79.9. The number of benzene rings is 2. The monoisotopic (exact) mass is 343 g/mol. The van der Waals surface area contributed by atoms with Gasteiger partial charge in [-0.2, -0.15) is 5.26 Å². The van der Waals surface area contributed by atoms with Crippen LogP contribution in [0.4, 0.5) is 11.4 Å². The van der Waals surface area contributed by atoms with Crippen molar-refractivity contribution in [3.63, 3.8) is 0 Å². The van der Waals surface area contributed by atoms with Crippen molar-refractivity contribution < 1.29 is 9.59 Å². The molecule has 0 aromatic heterocycles. The van der Waals surface area contributed by atoms with Gasteiger partial charge in [0.25, 0.3) is 0 Å². The van der Waals surface area contributed by atoms with Gasteiger partial charge in [0, 0.05) is 10.2 Å². The van der Waals surface area contributed by atoms with Crippen LogP contribution in [0.3, 0.4) is 0 Å². The molecule has 6 heteroatoms. The number of para-hydroxylation sites is 1. The van der Waals surface area contributed by atoms with Crippen LogP contribution in [0.2, 0.25) is 0 Å². The molecule has 0 aliphatic carbocycles. The van der Waals surface area contributed by atoms with Crippen molar-refractivity contribution in [2.75, 3.05) is 10.6 Å². The van der Waals surface area contributed by atoms with Crippen LogP contribution >= 0.6 is 15.9 Å². The van der Waals surface area contributed by atoms with Crippen LogP contribution in [0.5, 0.6) is 0 Å². The van der Waals surface area contributed by atoms with Crippen molar-refractivity contribution in [2.45, 2.75) is 0 Å². The molecule has 0 fully saturated rings. The lowest BCUT2D eigenvalue weighted by Gasteiger charge is -2.08. The van der Waals surface area contributed by atoms with E-state index < -0.39 is 11.8 Å². The van der Waals surface area contributed by atoms with Crippen molar-refractivity contribution in [1.82, 2.24) is 0 Å². The summed E-state index contributed by atoms with van der Waals surface area (Å²) in [5.74, 6) is -1.59. The summed E-state index contributed by atoms with van der Waals surface area (Å²) in [6.07, 6.45) is 0. The van der Waals surface area contributed by atoms with E-state index in [0.29, 0.717) is 21.4 Å². The lowest BCUT2D eigenvalue weighted by atomic mass is 10.2. The van der Waals surface area contributed by atoms with Crippen LogP contribution in [0.15, 0.2) is 53.0 Å². The number of nitrogens with one attached hydrogen (secondary N) is 2. The fourth-order valence-corrected chi connectivity index (χ4v) is 1.98. The quantitative estimate of drug-likeness (QED) is 0.822. The average Bonchev–Trinajstić information content (AvgIpc) is 2.49. The molecule has 21 heavy (non-hydrogen) atoms. The minimum Gasteiger partial charge on any atom is -0.318 e. The third kappa shape index (κ3) is 3.91. The van der Waals surface area contributed by atoms with Gasteiger partial charge in [-0.1, -0.05) is 18.2 Å². The molecule has 2 amide bonds. The zero-order valence-corrected chi connectivity index (χ0v) is 12.3. The molecule has 0 aliphatic heterocycles. The van der Waals surface area contributed by atoms with Crippen molar-refractivity contribution in [1.29, 1.82) is 5.26 Å². The average molecular weight is 344 g/mol. The first-order chi connectivity index (χ1) is 10.1. The van der Waals surface area contributed by atoms with Gasteiger partial charge in [-0.05, 0) is 46.3 Å². The number of rotatable bonds is 2. The normalized spacial score (nSPS) is 9.52. The van der Waals surface area contributed by atoms with Crippen molar-refractivity contribution in [3.05, 3.63) is 58.6 Å². The van der Waals surface area contributed by atoms with Crippen molar-refractivity contribution in [2.24, 2.45) is 0 Å². The summed E-state index contributed by atoms with van der Waals surface area (Å²) in [6, 6.07) is 15.3. The number of amides is 2. The maximum Gasteiger partial charge on any atom is 0.314 e. The van der Waals surface area contributed by atoms with Crippen LogP contribution < -0.4 is 10.6 Å². The van der Waals surface area contributed by atoms with E-state index in [1.54, 1.807) is 42.5 Å². The number of anilines is 2. The first kappa shape index (κ1) is 14.8. The molecule has 0 radical (unpaired) electrons. The molecular weight excluding hydrogens is 334 g/mol. The Hall–Kier alpha value is -2.65. The molecule has 0 atom stereocenters. The minimum absolute atomic E-state index is 0.390. The van der Waals surface area contributed by atoms with Crippen LogP contribution in [-0.4, -0.2) is 11.8 Å². The molecule has 2 aromatic carbocycles. The van der Waals surface area contributed by atoms with E-state index >= 15 is 0 Å². The Labute approximate surface area is 129 Å². The SMILES string of the molecule is N#Cc1cccc(NC(=O)C(=O)Nc2ccccc2Br)c1. The second-order valence-electron chi connectivity index (χ2n) is 4.08. The molecule has 0 heterocycles. The van der Waals surface area contributed by atoms with Crippen LogP contribution in [0, 0.1) is 11.3 Å². The molecule has 104 valence electrons. The molecule has 0 saturated heterocycles. The van der Waals surface area contributed by atoms with E-state index in [1.165, 1.54) is 6.07 Å². The first-order valence-electron chi connectivity index (χ1n) is 5.97. The Morgan fingerprint density at radius 1 is 1.00 bits per heavy atom. The van der Waals surface area contributed by atoms with Gasteiger partial charge in [0.15, 0.2) is 0 Å². The maximum atomic E-state index is 11.8. The van der Waals surface area contributed by atoms with E-state index in [9.17, 15) is 9.59 Å². The lowest BCUT2D eigenvalue weighted by molar-refractivity contribution is -0.133. The highest BCUT2D eigenvalue weighted by Crippen LogP contribution is 2.21. The predicted octanol–water partition coefficient (Wildman–Crippen LogP) is 2.90. The summed E-state index contributed by atoms with van der Waals surface area (Å²) >= 11 is 3.28. The topological polar surface area (TPSA) is 82.0 Å². The molecule has 0 bridgehead atoms. The van der Waals surface area contributed by atoms with Gasteiger partial charge in [-0.25, -0.2) is 0 Å². The molecule has 0 saturated carbocycles. The van der Waals surface area contributed by atoms with Gasteiger partial charge in [-0.15, -0.1) is 0 Å². The highest BCUT2D eigenvalue weighted by molar-refractivity contribution is 9.10. The van der Waals surface area contributed by atoms with Crippen LogP contribution in [0.1, 0.15) is 5.56 Å². The third-order valence-electron chi connectivity index (χ3n) is 2.58. The van der Waals surface area contributed by atoms with Crippen LogP contribution in [0.25, 0.3) is 0 Å². The minimum atomic E-state index is -0.805. The number of halogens is 1.